The van der Waals surface area contributed by atoms with Gasteiger partial charge in [0.15, 0.2) is 0 Å². The van der Waals surface area contributed by atoms with E-state index in [1.165, 1.54) is 17.7 Å². The van der Waals surface area contributed by atoms with Crippen molar-refractivity contribution in [3.63, 3.8) is 0 Å². The Bertz CT molecular complexity index is 768. The van der Waals surface area contributed by atoms with Gasteiger partial charge in [0.05, 0.1) is 6.04 Å². The number of hydrogen-bond acceptors (Lipinski definition) is 4. The van der Waals surface area contributed by atoms with Gasteiger partial charge in [0, 0.05) is 65.1 Å². The Morgan fingerprint density at radius 3 is 2.18 bits per heavy atom. The van der Waals surface area contributed by atoms with Crippen LogP contribution in [0.25, 0.3) is 0 Å². The monoisotopic (exact) mass is 384 g/mol. The maximum atomic E-state index is 13.2. The normalized spacial score (nSPS) is 15.9. The second kappa shape index (κ2) is 9.06. The zero-order chi connectivity index (χ0) is 20.1. The number of benzene rings is 2. The molecule has 150 valence electrons. The quantitative estimate of drug-likeness (QED) is 0.831. The van der Waals surface area contributed by atoms with E-state index in [2.05, 4.69) is 44.3 Å². The summed E-state index contributed by atoms with van der Waals surface area (Å²) in [5, 5.41) is 2.98. The van der Waals surface area contributed by atoms with E-state index in [-0.39, 0.29) is 17.8 Å². The van der Waals surface area contributed by atoms with Gasteiger partial charge in [-0.15, -0.1) is 0 Å². The fourth-order valence-electron chi connectivity index (χ4n) is 3.64. The first-order valence-corrected chi connectivity index (χ1v) is 9.70. The van der Waals surface area contributed by atoms with Crippen molar-refractivity contribution < 1.29 is 9.18 Å². The average molecular weight is 384 g/mol. The molecular weight excluding hydrogens is 355 g/mol. The van der Waals surface area contributed by atoms with Gasteiger partial charge in [-0.05, 0) is 42.0 Å². The van der Waals surface area contributed by atoms with Crippen molar-refractivity contribution in [2.75, 3.05) is 56.6 Å². The maximum Gasteiger partial charge on any atom is 0.216 e. The third kappa shape index (κ3) is 5.01. The summed E-state index contributed by atoms with van der Waals surface area (Å²) in [6, 6.07) is 15.3. The molecule has 0 unspecified atom stereocenters. The van der Waals surface area contributed by atoms with Gasteiger partial charge >= 0.3 is 0 Å². The van der Waals surface area contributed by atoms with E-state index in [1.807, 2.05) is 26.2 Å². The Morgan fingerprint density at radius 1 is 1.04 bits per heavy atom. The Hall–Kier alpha value is -2.60. The molecule has 1 amide bonds. The standard InChI is InChI=1S/C22H29FN4O/c1-17(28)24-16-22(18-4-8-20(9-5-18)25(2)3)27-14-12-26(13-15-27)21-10-6-19(23)7-11-21/h4-11,22H,12-16H2,1-3H3,(H,24,28)/t22-/m0/s1. The third-order valence-corrected chi connectivity index (χ3v) is 5.29. The van der Waals surface area contributed by atoms with Gasteiger partial charge in [-0.2, -0.15) is 0 Å². The molecule has 5 nitrogen and oxygen atoms in total. The molecule has 2 aromatic rings. The van der Waals surface area contributed by atoms with E-state index < -0.39 is 0 Å². The van der Waals surface area contributed by atoms with Gasteiger partial charge in [-0.1, -0.05) is 12.1 Å². The minimum Gasteiger partial charge on any atom is -0.378 e. The molecule has 1 aliphatic rings. The second-order valence-corrected chi connectivity index (χ2v) is 7.44. The predicted octanol–water partition coefficient (Wildman–Crippen LogP) is 2.89. The number of hydrogen-bond donors (Lipinski definition) is 1. The summed E-state index contributed by atoms with van der Waals surface area (Å²) in [7, 11) is 4.05. The van der Waals surface area contributed by atoms with E-state index in [1.54, 1.807) is 6.92 Å². The minimum absolute atomic E-state index is 0.0140. The zero-order valence-electron chi connectivity index (χ0n) is 16.9. The van der Waals surface area contributed by atoms with E-state index >= 15 is 0 Å². The minimum atomic E-state index is -0.209. The van der Waals surface area contributed by atoms with Crippen LogP contribution >= 0.6 is 0 Å². The van der Waals surface area contributed by atoms with E-state index in [9.17, 15) is 9.18 Å². The third-order valence-electron chi connectivity index (χ3n) is 5.29. The Balaban J connectivity index is 1.70. The lowest BCUT2D eigenvalue weighted by atomic mass is 10.0. The smallest absolute Gasteiger partial charge is 0.216 e. The number of anilines is 2. The first-order chi connectivity index (χ1) is 13.4. The Morgan fingerprint density at radius 2 is 1.64 bits per heavy atom. The van der Waals surface area contributed by atoms with Crippen molar-refractivity contribution in [2.45, 2.75) is 13.0 Å². The summed E-state index contributed by atoms with van der Waals surface area (Å²) >= 11 is 0. The number of amides is 1. The number of nitrogens with one attached hydrogen (secondary N) is 1. The molecule has 0 aliphatic carbocycles. The summed E-state index contributed by atoms with van der Waals surface area (Å²) < 4.78 is 13.2. The van der Waals surface area contributed by atoms with Crippen LogP contribution in [0.5, 0.6) is 0 Å². The molecule has 1 saturated heterocycles. The molecule has 1 aliphatic heterocycles. The van der Waals surface area contributed by atoms with Crippen LogP contribution in [0.2, 0.25) is 0 Å². The number of carbonyl (C=O) groups is 1. The highest BCUT2D eigenvalue weighted by Crippen LogP contribution is 2.25. The molecular formula is C22H29FN4O. The molecule has 0 aromatic heterocycles. The summed E-state index contributed by atoms with van der Waals surface area (Å²) in [6.07, 6.45) is 0. The highest BCUT2D eigenvalue weighted by molar-refractivity contribution is 5.72. The van der Waals surface area contributed by atoms with E-state index in [0.29, 0.717) is 6.54 Å². The maximum absolute atomic E-state index is 13.2. The summed E-state index contributed by atoms with van der Waals surface area (Å²) in [6.45, 7) is 5.66. The van der Waals surface area contributed by atoms with Gasteiger partial charge < -0.3 is 15.1 Å². The zero-order valence-corrected chi connectivity index (χ0v) is 16.9. The lowest BCUT2D eigenvalue weighted by Gasteiger charge is -2.40. The summed E-state index contributed by atoms with van der Waals surface area (Å²) in [5.41, 5.74) is 3.41. The van der Waals surface area contributed by atoms with Gasteiger partial charge in [0.1, 0.15) is 5.82 Å². The fourth-order valence-corrected chi connectivity index (χ4v) is 3.64. The molecule has 1 heterocycles. The van der Waals surface area contributed by atoms with Crippen molar-refractivity contribution in [1.82, 2.24) is 10.2 Å². The topological polar surface area (TPSA) is 38.8 Å². The Labute approximate surface area is 166 Å². The number of halogens is 1. The highest BCUT2D eigenvalue weighted by atomic mass is 19.1. The van der Waals surface area contributed by atoms with Crippen LogP contribution in [0.15, 0.2) is 48.5 Å². The molecule has 6 heteroatoms. The molecule has 0 spiro atoms. The first kappa shape index (κ1) is 20.1. The summed E-state index contributed by atoms with van der Waals surface area (Å²) in [4.78, 5) is 18.3. The number of carbonyl (C=O) groups excluding carboxylic acids is 1. The van der Waals surface area contributed by atoms with Crippen LogP contribution in [-0.2, 0) is 4.79 Å². The second-order valence-electron chi connectivity index (χ2n) is 7.44. The summed E-state index contributed by atoms with van der Waals surface area (Å²) in [5.74, 6) is -0.223. The average Bonchev–Trinajstić information content (AvgIpc) is 2.69. The molecule has 0 radical (unpaired) electrons. The predicted molar refractivity (Wildman–Crippen MR) is 112 cm³/mol. The molecule has 28 heavy (non-hydrogen) atoms. The van der Waals surface area contributed by atoms with Crippen LogP contribution < -0.4 is 15.1 Å². The van der Waals surface area contributed by atoms with Crippen LogP contribution in [0.4, 0.5) is 15.8 Å². The molecule has 1 atom stereocenters. The SMILES string of the molecule is CC(=O)NC[C@@H](c1ccc(N(C)C)cc1)N1CCN(c2ccc(F)cc2)CC1. The van der Waals surface area contributed by atoms with Crippen molar-refractivity contribution in [3.8, 4) is 0 Å². The molecule has 1 fully saturated rings. The van der Waals surface area contributed by atoms with Gasteiger partial charge in [0.25, 0.3) is 0 Å². The van der Waals surface area contributed by atoms with Crippen molar-refractivity contribution >= 4 is 17.3 Å². The lowest BCUT2D eigenvalue weighted by molar-refractivity contribution is -0.119. The first-order valence-electron chi connectivity index (χ1n) is 9.70. The molecule has 1 N–H and O–H groups in total. The fraction of sp³-hybridized carbons (Fsp3) is 0.409. The van der Waals surface area contributed by atoms with Crippen LogP contribution in [-0.4, -0.2) is 57.6 Å². The van der Waals surface area contributed by atoms with E-state index in [4.69, 9.17) is 0 Å². The largest absolute Gasteiger partial charge is 0.378 e. The van der Waals surface area contributed by atoms with Crippen molar-refractivity contribution in [2.24, 2.45) is 0 Å². The van der Waals surface area contributed by atoms with Crippen molar-refractivity contribution in [1.29, 1.82) is 0 Å². The number of nitrogens with zero attached hydrogens (tertiary/aromatic N) is 3. The number of rotatable bonds is 6. The van der Waals surface area contributed by atoms with Crippen LogP contribution in [0, 0.1) is 5.82 Å². The van der Waals surface area contributed by atoms with E-state index in [0.717, 1.165) is 37.6 Å². The number of piperazine rings is 1. The van der Waals surface area contributed by atoms with Crippen LogP contribution in [0.3, 0.4) is 0 Å². The molecule has 2 aromatic carbocycles. The van der Waals surface area contributed by atoms with Gasteiger partial charge in [0.2, 0.25) is 5.91 Å². The molecule has 0 saturated carbocycles. The van der Waals surface area contributed by atoms with Gasteiger partial charge in [-0.3, -0.25) is 9.69 Å². The van der Waals surface area contributed by atoms with Gasteiger partial charge in [-0.25, -0.2) is 4.39 Å². The van der Waals surface area contributed by atoms with Crippen molar-refractivity contribution in [3.05, 3.63) is 59.9 Å². The molecule has 0 bridgehead atoms. The highest BCUT2D eigenvalue weighted by Gasteiger charge is 2.25. The lowest BCUT2D eigenvalue weighted by Crippen LogP contribution is -2.49. The van der Waals surface area contributed by atoms with Crippen LogP contribution in [0.1, 0.15) is 18.5 Å². The Kier molecular flexibility index (Phi) is 6.52. The molecule has 3 rings (SSSR count).